The molecule has 0 saturated heterocycles. The smallest absolute Gasteiger partial charge is 0.407 e. The number of hydrogen-bond donors (Lipinski definition) is 2. The molecule has 140 valence electrons. The minimum atomic E-state index is -0.941. The van der Waals surface area contributed by atoms with Crippen LogP contribution in [0, 0.1) is 0 Å². The molecule has 1 amide bonds. The van der Waals surface area contributed by atoms with Gasteiger partial charge in [-0.25, -0.2) is 9.59 Å². The van der Waals surface area contributed by atoms with Crippen molar-refractivity contribution in [1.29, 1.82) is 0 Å². The highest BCUT2D eigenvalue weighted by Gasteiger charge is 2.20. The molecule has 0 radical (unpaired) electrons. The van der Waals surface area contributed by atoms with E-state index in [9.17, 15) is 9.59 Å². The summed E-state index contributed by atoms with van der Waals surface area (Å²) in [6, 6.07) is 6.67. The maximum absolute atomic E-state index is 11.4. The molecule has 1 aliphatic carbocycles. The Labute approximate surface area is 149 Å². The highest BCUT2D eigenvalue weighted by molar-refractivity contribution is 5.87. The second-order valence-corrected chi connectivity index (χ2v) is 7.02. The van der Waals surface area contributed by atoms with Crippen LogP contribution in [0.2, 0.25) is 0 Å². The molecule has 2 rings (SSSR count). The molecule has 1 fully saturated rings. The molecule has 0 unspecified atom stereocenters. The number of amides is 1. The third-order valence-corrected chi connectivity index (χ3v) is 3.64. The van der Waals surface area contributed by atoms with Crippen molar-refractivity contribution in [2.24, 2.45) is 0 Å². The molecule has 0 aromatic heterocycles. The molecular weight excluding hydrogens is 322 g/mol. The molecule has 0 spiro atoms. The minimum absolute atomic E-state index is 0.240. The van der Waals surface area contributed by atoms with Crippen molar-refractivity contribution in [3.8, 4) is 5.75 Å². The van der Waals surface area contributed by atoms with E-state index in [2.05, 4.69) is 5.32 Å². The fourth-order valence-corrected chi connectivity index (χ4v) is 2.48. The van der Waals surface area contributed by atoms with Gasteiger partial charge in [0.05, 0.1) is 12.7 Å². The number of carbonyl (C=O) groups is 2. The van der Waals surface area contributed by atoms with Gasteiger partial charge in [-0.05, 0) is 51.8 Å². The Kier molecular flexibility index (Phi) is 8.25. The summed E-state index contributed by atoms with van der Waals surface area (Å²) in [5.41, 5.74) is -0.150. The van der Waals surface area contributed by atoms with Gasteiger partial charge in [-0.1, -0.05) is 25.3 Å². The monoisotopic (exact) mass is 351 g/mol. The number of carbonyl (C=O) groups excluding carboxylic acids is 1. The lowest BCUT2D eigenvalue weighted by Gasteiger charge is -2.25. The van der Waals surface area contributed by atoms with Gasteiger partial charge in [0, 0.05) is 6.04 Å². The summed E-state index contributed by atoms with van der Waals surface area (Å²) in [7, 11) is 1.50. The van der Waals surface area contributed by atoms with E-state index in [0.717, 1.165) is 12.8 Å². The maximum Gasteiger partial charge on any atom is 0.407 e. The molecule has 2 N–H and O–H groups in total. The molecule has 25 heavy (non-hydrogen) atoms. The number of methoxy groups -OCH3 is 1. The van der Waals surface area contributed by atoms with Crippen molar-refractivity contribution in [3.63, 3.8) is 0 Å². The van der Waals surface area contributed by atoms with Gasteiger partial charge in [0.25, 0.3) is 0 Å². The Morgan fingerprint density at radius 1 is 1.16 bits per heavy atom. The molecule has 0 bridgehead atoms. The average Bonchev–Trinajstić information content (AvgIpc) is 2.54. The first-order valence-electron chi connectivity index (χ1n) is 8.58. The molecule has 1 aromatic rings. The fraction of sp³-hybridized carbons (Fsp3) is 0.579. The minimum Gasteiger partial charge on any atom is -0.497 e. The van der Waals surface area contributed by atoms with Crippen molar-refractivity contribution in [2.45, 2.75) is 64.5 Å². The lowest BCUT2D eigenvalue weighted by atomic mass is 9.96. The third-order valence-electron chi connectivity index (χ3n) is 3.64. The van der Waals surface area contributed by atoms with Crippen LogP contribution in [0.3, 0.4) is 0 Å². The van der Waals surface area contributed by atoms with Crippen molar-refractivity contribution < 1.29 is 24.2 Å². The van der Waals surface area contributed by atoms with E-state index in [1.807, 2.05) is 20.8 Å². The van der Waals surface area contributed by atoms with E-state index < -0.39 is 11.6 Å². The van der Waals surface area contributed by atoms with Gasteiger partial charge >= 0.3 is 12.1 Å². The molecule has 0 atom stereocenters. The molecule has 0 heterocycles. The molecule has 0 aliphatic heterocycles. The molecule has 1 aromatic carbocycles. The van der Waals surface area contributed by atoms with Crippen LogP contribution in [0.4, 0.5) is 4.79 Å². The Hall–Kier alpha value is -2.24. The number of rotatable bonds is 3. The van der Waals surface area contributed by atoms with Crippen LogP contribution >= 0.6 is 0 Å². The van der Waals surface area contributed by atoms with Gasteiger partial charge in [-0.2, -0.15) is 0 Å². The highest BCUT2D eigenvalue weighted by Crippen LogP contribution is 2.18. The van der Waals surface area contributed by atoms with E-state index in [1.54, 1.807) is 12.1 Å². The van der Waals surface area contributed by atoms with E-state index in [-0.39, 0.29) is 11.7 Å². The largest absolute Gasteiger partial charge is 0.497 e. The topological polar surface area (TPSA) is 84.9 Å². The van der Waals surface area contributed by atoms with Crippen molar-refractivity contribution >= 4 is 12.1 Å². The van der Waals surface area contributed by atoms with Crippen molar-refractivity contribution in [1.82, 2.24) is 5.32 Å². The SMILES string of the molecule is CC(C)(C)OC(=O)NC1CCCCC1.COc1cccc(C(=O)O)c1. The zero-order chi connectivity index (χ0) is 18.9. The van der Waals surface area contributed by atoms with E-state index in [0.29, 0.717) is 11.8 Å². The number of ether oxygens (including phenoxy) is 2. The van der Waals surface area contributed by atoms with Gasteiger partial charge in [0.2, 0.25) is 0 Å². The summed E-state index contributed by atoms with van der Waals surface area (Å²) in [6.45, 7) is 5.65. The van der Waals surface area contributed by atoms with Crippen LogP contribution in [0.1, 0.15) is 63.2 Å². The van der Waals surface area contributed by atoms with Crippen LogP contribution in [0.5, 0.6) is 5.75 Å². The van der Waals surface area contributed by atoms with Crippen molar-refractivity contribution in [2.75, 3.05) is 7.11 Å². The van der Waals surface area contributed by atoms with Crippen LogP contribution in [0.15, 0.2) is 24.3 Å². The summed E-state index contributed by atoms with van der Waals surface area (Å²) in [6.07, 6.45) is 5.66. The zero-order valence-electron chi connectivity index (χ0n) is 15.5. The lowest BCUT2D eigenvalue weighted by molar-refractivity contribution is 0.0492. The number of carboxylic acids is 1. The summed E-state index contributed by atoms with van der Waals surface area (Å²) in [5, 5.41) is 11.5. The second-order valence-electron chi connectivity index (χ2n) is 7.02. The van der Waals surface area contributed by atoms with Gasteiger partial charge in [-0.15, -0.1) is 0 Å². The Balaban J connectivity index is 0.000000257. The van der Waals surface area contributed by atoms with Crippen LogP contribution < -0.4 is 10.1 Å². The van der Waals surface area contributed by atoms with Crippen LogP contribution in [0.25, 0.3) is 0 Å². The summed E-state index contributed by atoms with van der Waals surface area (Å²) in [5.74, 6) is -0.381. The summed E-state index contributed by atoms with van der Waals surface area (Å²) in [4.78, 5) is 21.8. The Morgan fingerprint density at radius 2 is 1.80 bits per heavy atom. The molecular formula is C19H29NO5. The first-order chi connectivity index (χ1) is 11.7. The second kappa shape index (κ2) is 9.91. The summed E-state index contributed by atoms with van der Waals surface area (Å²) < 4.78 is 10.0. The number of hydrogen-bond acceptors (Lipinski definition) is 4. The number of aromatic carboxylic acids is 1. The van der Waals surface area contributed by atoms with Gasteiger partial charge < -0.3 is 19.9 Å². The Morgan fingerprint density at radius 3 is 2.32 bits per heavy atom. The van der Waals surface area contributed by atoms with E-state index >= 15 is 0 Å². The number of alkyl carbamates (subject to hydrolysis) is 1. The highest BCUT2D eigenvalue weighted by atomic mass is 16.6. The lowest BCUT2D eigenvalue weighted by Crippen LogP contribution is -2.39. The number of nitrogens with one attached hydrogen (secondary N) is 1. The third kappa shape index (κ3) is 8.98. The number of carboxylic acid groups (broad SMARTS) is 1. The number of benzene rings is 1. The van der Waals surface area contributed by atoms with Gasteiger partial charge in [-0.3, -0.25) is 0 Å². The molecule has 1 aliphatic rings. The molecule has 1 saturated carbocycles. The predicted octanol–water partition coefficient (Wildman–Crippen LogP) is 4.24. The maximum atomic E-state index is 11.4. The predicted molar refractivity (Wildman–Crippen MR) is 96.2 cm³/mol. The first-order valence-corrected chi connectivity index (χ1v) is 8.58. The van der Waals surface area contributed by atoms with Crippen LogP contribution in [-0.4, -0.2) is 35.9 Å². The normalized spacial score (nSPS) is 14.7. The Bertz CT molecular complexity index is 559. The van der Waals surface area contributed by atoms with Gasteiger partial charge in [0.15, 0.2) is 0 Å². The zero-order valence-corrected chi connectivity index (χ0v) is 15.5. The molecule has 6 heteroatoms. The standard InChI is InChI=1S/C11H21NO2.C8H8O3/c1-11(2,3)14-10(13)12-9-7-5-4-6-8-9;1-11-7-4-2-3-6(5-7)8(9)10/h9H,4-8H2,1-3H3,(H,12,13);2-5H,1H3,(H,9,10). The van der Waals surface area contributed by atoms with Crippen LogP contribution in [-0.2, 0) is 4.74 Å². The van der Waals surface area contributed by atoms with E-state index in [4.69, 9.17) is 14.6 Å². The molecule has 6 nitrogen and oxygen atoms in total. The average molecular weight is 351 g/mol. The summed E-state index contributed by atoms with van der Waals surface area (Å²) >= 11 is 0. The van der Waals surface area contributed by atoms with Crippen molar-refractivity contribution in [3.05, 3.63) is 29.8 Å². The fourth-order valence-electron chi connectivity index (χ4n) is 2.48. The van der Waals surface area contributed by atoms with Gasteiger partial charge in [0.1, 0.15) is 11.4 Å². The van der Waals surface area contributed by atoms with E-state index in [1.165, 1.54) is 38.5 Å². The first kappa shape index (κ1) is 20.8. The quantitative estimate of drug-likeness (QED) is 0.851.